The monoisotopic (exact) mass is 367 g/mol. The van der Waals surface area contributed by atoms with E-state index in [1.54, 1.807) is 7.05 Å². The number of guanidine groups is 1. The van der Waals surface area contributed by atoms with Crippen molar-refractivity contribution in [1.82, 2.24) is 20.8 Å². The summed E-state index contributed by atoms with van der Waals surface area (Å²) in [4.78, 5) is 8.58. The van der Waals surface area contributed by atoms with E-state index in [1.165, 1.54) is 0 Å². The Kier molecular flexibility index (Phi) is 9.41. The van der Waals surface area contributed by atoms with Gasteiger partial charge in [0.15, 0.2) is 11.8 Å². The lowest BCUT2D eigenvalue weighted by Gasteiger charge is -2.21. The molecule has 0 atom stereocenters. The van der Waals surface area contributed by atoms with Crippen LogP contribution in [0.25, 0.3) is 0 Å². The molecule has 1 aliphatic rings. The van der Waals surface area contributed by atoms with Gasteiger partial charge in [-0.2, -0.15) is 4.98 Å². The zero-order valence-electron chi connectivity index (χ0n) is 16.3. The number of aliphatic imine (C=N–C) groups is 1. The van der Waals surface area contributed by atoms with Crippen LogP contribution in [0.2, 0.25) is 0 Å². The van der Waals surface area contributed by atoms with Gasteiger partial charge in [-0.05, 0) is 25.2 Å². The normalized spacial score (nSPS) is 16.2. The first-order chi connectivity index (χ1) is 12.7. The summed E-state index contributed by atoms with van der Waals surface area (Å²) >= 11 is 0. The second-order valence-corrected chi connectivity index (χ2v) is 6.86. The largest absolute Gasteiger partial charge is 0.381 e. The Balaban J connectivity index is 1.50. The molecule has 1 saturated heterocycles. The molecule has 2 N–H and O–H groups in total. The molecule has 0 bridgehead atoms. The summed E-state index contributed by atoms with van der Waals surface area (Å²) in [6.07, 6.45) is 3.86. The van der Waals surface area contributed by atoms with Crippen molar-refractivity contribution in [2.75, 3.05) is 46.6 Å². The Morgan fingerprint density at radius 1 is 1.27 bits per heavy atom. The van der Waals surface area contributed by atoms with Crippen LogP contribution in [0.1, 0.15) is 50.7 Å². The van der Waals surface area contributed by atoms with Gasteiger partial charge in [0, 0.05) is 58.9 Å². The molecule has 1 aliphatic heterocycles. The number of nitrogens with zero attached hydrogens (tertiary/aromatic N) is 3. The molecule has 1 aromatic heterocycles. The lowest BCUT2D eigenvalue weighted by Crippen LogP contribution is -2.39. The van der Waals surface area contributed by atoms with E-state index in [4.69, 9.17) is 14.0 Å². The number of ether oxygens (including phenoxy) is 2. The highest BCUT2D eigenvalue weighted by Crippen LogP contribution is 2.14. The van der Waals surface area contributed by atoms with Crippen LogP contribution in [-0.4, -0.2) is 62.7 Å². The summed E-state index contributed by atoms with van der Waals surface area (Å²) in [5.74, 6) is 3.12. The summed E-state index contributed by atoms with van der Waals surface area (Å²) in [6, 6.07) is 0. The van der Waals surface area contributed by atoms with E-state index in [9.17, 15) is 0 Å². The molecule has 8 heteroatoms. The van der Waals surface area contributed by atoms with Crippen LogP contribution >= 0.6 is 0 Å². The van der Waals surface area contributed by atoms with Crippen LogP contribution < -0.4 is 10.6 Å². The first kappa shape index (κ1) is 20.6. The smallest absolute Gasteiger partial charge is 0.228 e. The van der Waals surface area contributed by atoms with Gasteiger partial charge in [0.2, 0.25) is 5.89 Å². The molecule has 0 aromatic carbocycles. The third kappa shape index (κ3) is 7.70. The minimum Gasteiger partial charge on any atom is -0.381 e. The highest BCUT2D eigenvalue weighted by atomic mass is 16.5. The maximum atomic E-state index is 5.77. The number of rotatable bonds is 10. The summed E-state index contributed by atoms with van der Waals surface area (Å²) < 4.78 is 16.4. The van der Waals surface area contributed by atoms with Crippen molar-refractivity contribution in [3.8, 4) is 0 Å². The van der Waals surface area contributed by atoms with Gasteiger partial charge < -0.3 is 24.6 Å². The predicted octanol–water partition coefficient (Wildman–Crippen LogP) is 1.73. The Labute approximate surface area is 156 Å². The van der Waals surface area contributed by atoms with Gasteiger partial charge in [-0.25, -0.2) is 0 Å². The molecule has 148 valence electrons. The molecule has 2 rings (SSSR count). The zero-order chi connectivity index (χ0) is 18.6. The first-order valence-corrected chi connectivity index (χ1v) is 9.61. The fourth-order valence-electron chi connectivity index (χ4n) is 2.66. The van der Waals surface area contributed by atoms with Crippen LogP contribution in [0.15, 0.2) is 9.52 Å². The van der Waals surface area contributed by atoms with Crippen molar-refractivity contribution in [1.29, 1.82) is 0 Å². The second kappa shape index (κ2) is 11.9. The highest BCUT2D eigenvalue weighted by molar-refractivity contribution is 5.79. The average Bonchev–Trinajstić information content (AvgIpc) is 3.13. The lowest BCUT2D eigenvalue weighted by molar-refractivity contribution is 0.0203. The molecule has 0 spiro atoms. The molecule has 0 radical (unpaired) electrons. The highest BCUT2D eigenvalue weighted by Gasteiger charge is 2.13. The predicted molar refractivity (Wildman–Crippen MR) is 100 cm³/mol. The van der Waals surface area contributed by atoms with E-state index in [1.807, 2.05) is 13.8 Å². The first-order valence-electron chi connectivity index (χ1n) is 9.61. The van der Waals surface area contributed by atoms with Crippen molar-refractivity contribution < 1.29 is 14.0 Å². The summed E-state index contributed by atoms with van der Waals surface area (Å²) in [5.41, 5.74) is 0. The van der Waals surface area contributed by atoms with Crippen LogP contribution in [0.4, 0.5) is 0 Å². The van der Waals surface area contributed by atoms with Crippen LogP contribution in [0.5, 0.6) is 0 Å². The fraction of sp³-hybridized carbons (Fsp3) is 0.833. The van der Waals surface area contributed by atoms with Crippen molar-refractivity contribution in [2.24, 2.45) is 10.9 Å². The molecule has 0 saturated carbocycles. The molecular formula is C18H33N5O3. The Hall–Kier alpha value is -1.67. The van der Waals surface area contributed by atoms with E-state index in [0.717, 1.165) is 64.0 Å². The van der Waals surface area contributed by atoms with Gasteiger partial charge in [0.1, 0.15) is 0 Å². The van der Waals surface area contributed by atoms with Gasteiger partial charge in [-0.15, -0.1) is 0 Å². The summed E-state index contributed by atoms with van der Waals surface area (Å²) in [7, 11) is 1.76. The van der Waals surface area contributed by atoms with Crippen molar-refractivity contribution in [3.05, 3.63) is 11.7 Å². The van der Waals surface area contributed by atoms with Crippen LogP contribution in [0, 0.1) is 5.92 Å². The molecule has 0 aliphatic carbocycles. The van der Waals surface area contributed by atoms with Gasteiger partial charge in [-0.1, -0.05) is 19.0 Å². The molecule has 1 fully saturated rings. The topological polar surface area (TPSA) is 93.8 Å². The van der Waals surface area contributed by atoms with Crippen molar-refractivity contribution >= 4 is 5.96 Å². The Morgan fingerprint density at radius 2 is 2.04 bits per heavy atom. The van der Waals surface area contributed by atoms with Crippen molar-refractivity contribution in [3.63, 3.8) is 0 Å². The van der Waals surface area contributed by atoms with Gasteiger partial charge in [-0.3, -0.25) is 4.99 Å². The lowest BCUT2D eigenvalue weighted by atomic mass is 10.0. The molecule has 0 unspecified atom stereocenters. The number of nitrogens with one attached hydrogen (secondary N) is 2. The number of aromatic nitrogens is 2. The Morgan fingerprint density at radius 3 is 2.73 bits per heavy atom. The van der Waals surface area contributed by atoms with E-state index in [2.05, 4.69) is 25.8 Å². The summed E-state index contributed by atoms with van der Waals surface area (Å²) in [5, 5.41) is 10.5. The molecular weight excluding hydrogens is 334 g/mol. The summed E-state index contributed by atoms with van der Waals surface area (Å²) in [6.45, 7) is 8.98. The molecule has 0 amide bonds. The average molecular weight is 367 g/mol. The third-order valence-corrected chi connectivity index (χ3v) is 4.31. The zero-order valence-corrected chi connectivity index (χ0v) is 16.3. The quantitative estimate of drug-likeness (QED) is 0.369. The Bertz CT molecular complexity index is 527. The standard InChI is InChI=1S/C18H33N5O3/c1-14(2)17-22-16(26-23-17)5-9-21-18(19-3)20-8-4-10-25-13-15-6-11-24-12-7-15/h14-15H,4-13H2,1-3H3,(H2,19,20,21). The molecule has 2 heterocycles. The van der Waals surface area contributed by atoms with Gasteiger partial charge in [0.05, 0.1) is 0 Å². The van der Waals surface area contributed by atoms with Crippen LogP contribution in [-0.2, 0) is 15.9 Å². The molecule has 8 nitrogen and oxygen atoms in total. The van der Waals surface area contributed by atoms with Crippen LogP contribution in [0.3, 0.4) is 0 Å². The van der Waals surface area contributed by atoms with E-state index in [0.29, 0.717) is 24.8 Å². The maximum Gasteiger partial charge on any atom is 0.228 e. The SMILES string of the molecule is CN=C(NCCCOCC1CCOCC1)NCCc1nc(C(C)C)no1. The third-order valence-electron chi connectivity index (χ3n) is 4.31. The second-order valence-electron chi connectivity index (χ2n) is 6.86. The van der Waals surface area contributed by atoms with E-state index in [-0.39, 0.29) is 5.92 Å². The fourth-order valence-corrected chi connectivity index (χ4v) is 2.66. The van der Waals surface area contributed by atoms with Crippen molar-refractivity contribution in [2.45, 2.75) is 45.4 Å². The van der Waals surface area contributed by atoms with Gasteiger partial charge in [0.25, 0.3) is 0 Å². The minimum atomic E-state index is 0.281. The number of hydrogen-bond donors (Lipinski definition) is 2. The molecule has 1 aromatic rings. The maximum absolute atomic E-state index is 5.77. The van der Waals surface area contributed by atoms with E-state index < -0.39 is 0 Å². The van der Waals surface area contributed by atoms with Gasteiger partial charge >= 0.3 is 0 Å². The minimum absolute atomic E-state index is 0.281. The number of hydrogen-bond acceptors (Lipinski definition) is 6. The molecule has 26 heavy (non-hydrogen) atoms. The van der Waals surface area contributed by atoms with E-state index >= 15 is 0 Å².